The second-order valence-electron chi connectivity index (χ2n) is 4.51. The number of benzene rings is 1. The molecule has 106 valence electrons. The Morgan fingerprint density at radius 2 is 2.05 bits per heavy atom. The van der Waals surface area contributed by atoms with E-state index in [1.807, 2.05) is 0 Å². The van der Waals surface area contributed by atoms with Crippen LogP contribution in [0.1, 0.15) is 5.56 Å². The highest BCUT2D eigenvalue weighted by atomic mass is 79.9. The quantitative estimate of drug-likeness (QED) is 0.854. The summed E-state index contributed by atoms with van der Waals surface area (Å²) >= 11 is 3.03. The molecule has 0 aliphatic carbocycles. The molecule has 0 unspecified atom stereocenters. The predicted octanol–water partition coefficient (Wildman–Crippen LogP) is 2.18. The van der Waals surface area contributed by atoms with E-state index >= 15 is 0 Å². The van der Waals surface area contributed by atoms with E-state index in [0.29, 0.717) is 18.5 Å². The van der Waals surface area contributed by atoms with Crippen LogP contribution >= 0.6 is 15.9 Å². The summed E-state index contributed by atoms with van der Waals surface area (Å²) in [5, 5.41) is 3.26. The standard InChI is InChI=1S/C13H17BrF2N2O/c1-19-13-9(12(16)10(14)8-11(13)15)2-5-18-6-3-17-4-7-18/h8,17H,2-7H2,1H3. The molecular formula is C13H17BrF2N2O. The van der Waals surface area contributed by atoms with Crippen molar-refractivity contribution in [3.63, 3.8) is 0 Å². The number of nitrogens with zero attached hydrogens (tertiary/aromatic N) is 1. The van der Waals surface area contributed by atoms with Gasteiger partial charge in [0.1, 0.15) is 5.82 Å². The molecule has 0 radical (unpaired) electrons. The molecule has 1 aliphatic rings. The van der Waals surface area contributed by atoms with Crippen LogP contribution < -0.4 is 10.1 Å². The summed E-state index contributed by atoms with van der Waals surface area (Å²) in [6.07, 6.45) is 0.436. The Hall–Kier alpha value is -0.720. The predicted molar refractivity (Wildman–Crippen MR) is 73.6 cm³/mol. The fourth-order valence-electron chi connectivity index (χ4n) is 2.28. The molecule has 1 saturated heterocycles. The number of nitrogens with one attached hydrogen (secondary N) is 1. The third-order valence-electron chi connectivity index (χ3n) is 3.31. The minimum atomic E-state index is -0.536. The van der Waals surface area contributed by atoms with E-state index in [2.05, 4.69) is 26.1 Å². The number of hydrogen-bond donors (Lipinski definition) is 1. The average Bonchev–Trinajstić information content (AvgIpc) is 2.42. The first-order chi connectivity index (χ1) is 9.13. The number of piperazine rings is 1. The molecule has 2 rings (SSSR count). The number of rotatable bonds is 4. The normalized spacial score (nSPS) is 16.6. The smallest absolute Gasteiger partial charge is 0.166 e. The van der Waals surface area contributed by atoms with E-state index in [9.17, 15) is 8.78 Å². The Balaban J connectivity index is 2.13. The summed E-state index contributed by atoms with van der Waals surface area (Å²) in [4.78, 5) is 2.23. The Morgan fingerprint density at radius 1 is 1.37 bits per heavy atom. The molecule has 1 aromatic rings. The molecule has 3 nitrogen and oxygen atoms in total. The van der Waals surface area contributed by atoms with Crippen LogP contribution in [-0.2, 0) is 6.42 Å². The van der Waals surface area contributed by atoms with Crippen LogP contribution in [0, 0.1) is 11.6 Å². The monoisotopic (exact) mass is 334 g/mol. The zero-order chi connectivity index (χ0) is 13.8. The molecule has 6 heteroatoms. The second kappa shape index (κ2) is 6.63. The van der Waals surface area contributed by atoms with Crippen LogP contribution in [0.4, 0.5) is 8.78 Å². The van der Waals surface area contributed by atoms with Crippen LogP contribution in [0.15, 0.2) is 10.5 Å². The molecular weight excluding hydrogens is 318 g/mol. The van der Waals surface area contributed by atoms with Gasteiger partial charge >= 0.3 is 0 Å². The Bertz CT molecular complexity index is 451. The third-order valence-corrected chi connectivity index (χ3v) is 3.89. The Morgan fingerprint density at radius 3 is 2.68 bits per heavy atom. The van der Waals surface area contributed by atoms with E-state index in [4.69, 9.17) is 4.74 Å². The van der Waals surface area contributed by atoms with Gasteiger partial charge in [0.05, 0.1) is 11.6 Å². The molecule has 0 bridgehead atoms. The molecule has 1 fully saturated rings. The molecule has 0 aromatic heterocycles. The van der Waals surface area contributed by atoms with Crippen molar-refractivity contribution in [1.82, 2.24) is 10.2 Å². The van der Waals surface area contributed by atoms with Crippen molar-refractivity contribution >= 4 is 15.9 Å². The summed E-state index contributed by atoms with van der Waals surface area (Å²) in [6.45, 7) is 4.44. The number of halogens is 3. The van der Waals surface area contributed by atoms with Gasteiger partial charge in [0.25, 0.3) is 0 Å². The maximum absolute atomic E-state index is 14.1. The van der Waals surface area contributed by atoms with Crippen molar-refractivity contribution in [2.45, 2.75) is 6.42 Å². The minimum Gasteiger partial charge on any atom is -0.493 e. The lowest BCUT2D eigenvalue weighted by Crippen LogP contribution is -2.44. The molecule has 0 saturated carbocycles. The molecule has 0 spiro atoms. The molecule has 1 N–H and O–H groups in total. The lowest BCUT2D eigenvalue weighted by Gasteiger charge is -2.27. The first-order valence-electron chi connectivity index (χ1n) is 6.27. The Labute approximate surface area is 120 Å². The zero-order valence-corrected chi connectivity index (χ0v) is 12.4. The van der Waals surface area contributed by atoms with Gasteiger partial charge in [0, 0.05) is 38.3 Å². The summed E-state index contributed by atoms with van der Waals surface area (Å²) in [6, 6.07) is 1.10. The number of ether oxygens (including phenoxy) is 1. The highest BCUT2D eigenvalue weighted by molar-refractivity contribution is 9.10. The Kier molecular flexibility index (Phi) is 5.13. The van der Waals surface area contributed by atoms with Crippen LogP contribution in [0.3, 0.4) is 0 Å². The van der Waals surface area contributed by atoms with Crippen molar-refractivity contribution in [3.05, 3.63) is 27.7 Å². The molecule has 0 atom stereocenters. The van der Waals surface area contributed by atoms with E-state index in [-0.39, 0.29) is 10.2 Å². The van der Waals surface area contributed by atoms with Gasteiger partial charge in [-0.2, -0.15) is 0 Å². The summed E-state index contributed by atoms with van der Waals surface area (Å²) in [5.41, 5.74) is 0.299. The van der Waals surface area contributed by atoms with E-state index in [0.717, 1.165) is 32.2 Å². The van der Waals surface area contributed by atoms with Gasteiger partial charge in [-0.15, -0.1) is 0 Å². The topological polar surface area (TPSA) is 24.5 Å². The first kappa shape index (κ1) is 14.7. The average molecular weight is 335 g/mol. The van der Waals surface area contributed by atoms with Gasteiger partial charge in [-0.3, -0.25) is 0 Å². The van der Waals surface area contributed by atoms with E-state index in [1.165, 1.54) is 7.11 Å². The summed E-state index contributed by atoms with van der Waals surface area (Å²) in [7, 11) is 1.36. The lowest BCUT2D eigenvalue weighted by atomic mass is 10.1. The van der Waals surface area contributed by atoms with E-state index < -0.39 is 11.6 Å². The van der Waals surface area contributed by atoms with Gasteiger partial charge in [-0.1, -0.05) is 0 Å². The number of methoxy groups -OCH3 is 1. The second-order valence-corrected chi connectivity index (χ2v) is 5.36. The molecule has 1 heterocycles. The third kappa shape index (κ3) is 3.43. The minimum absolute atomic E-state index is 0.0100. The van der Waals surface area contributed by atoms with Crippen molar-refractivity contribution in [2.24, 2.45) is 0 Å². The van der Waals surface area contributed by atoms with Gasteiger partial charge in [-0.25, -0.2) is 8.78 Å². The molecule has 19 heavy (non-hydrogen) atoms. The maximum atomic E-state index is 14.1. The van der Waals surface area contributed by atoms with Crippen LogP contribution in [0.25, 0.3) is 0 Å². The van der Waals surface area contributed by atoms with Crippen molar-refractivity contribution in [3.8, 4) is 5.75 Å². The molecule has 1 aromatic carbocycles. The van der Waals surface area contributed by atoms with Crippen LogP contribution in [0.2, 0.25) is 0 Å². The van der Waals surface area contributed by atoms with Crippen molar-refractivity contribution in [2.75, 3.05) is 39.8 Å². The highest BCUT2D eigenvalue weighted by Crippen LogP contribution is 2.31. The van der Waals surface area contributed by atoms with Gasteiger partial charge in [0.15, 0.2) is 11.6 Å². The van der Waals surface area contributed by atoms with Gasteiger partial charge in [0.2, 0.25) is 0 Å². The SMILES string of the molecule is COc1c(F)cc(Br)c(F)c1CCN1CCNCC1. The van der Waals surface area contributed by atoms with Crippen molar-refractivity contribution in [1.29, 1.82) is 0 Å². The number of hydrogen-bond acceptors (Lipinski definition) is 3. The van der Waals surface area contributed by atoms with Gasteiger partial charge < -0.3 is 15.0 Å². The van der Waals surface area contributed by atoms with E-state index in [1.54, 1.807) is 0 Å². The highest BCUT2D eigenvalue weighted by Gasteiger charge is 2.19. The first-order valence-corrected chi connectivity index (χ1v) is 7.06. The largest absolute Gasteiger partial charge is 0.493 e. The molecule has 0 amide bonds. The summed E-state index contributed by atoms with van der Waals surface area (Å²) < 4.78 is 32.9. The molecule has 1 aliphatic heterocycles. The van der Waals surface area contributed by atoms with Crippen molar-refractivity contribution < 1.29 is 13.5 Å². The van der Waals surface area contributed by atoms with Gasteiger partial charge in [-0.05, 0) is 28.4 Å². The van der Waals surface area contributed by atoms with Crippen LogP contribution in [0.5, 0.6) is 5.75 Å². The zero-order valence-electron chi connectivity index (χ0n) is 10.8. The lowest BCUT2D eigenvalue weighted by molar-refractivity contribution is 0.241. The fourth-order valence-corrected chi connectivity index (χ4v) is 2.72. The fraction of sp³-hybridized carbons (Fsp3) is 0.538. The maximum Gasteiger partial charge on any atom is 0.166 e. The summed E-state index contributed by atoms with van der Waals surface area (Å²) in [5.74, 6) is -0.963. The van der Waals surface area contributed by atoms with Crippen LogP contribution in [-0.4, -0.2) is 44.7 Å².